The Morgan fingerprint density at radius 1 is 1.19 bits per heavy atom. The maximum atomic E-state index is 12.5. The van der Waals surface area contributed by atoms with Gasteiger partial charge in [-0.3, -0.25) is 9.48 Å². The number of nitrogens with zero attached hydrogens (tertiary/aromatic N) is 4. The SMILES string of the molecule is O=C(COc1ccc2ccccc2c1)N1CCCC(Cn2ccnn2)C1. The summed E-state index contributed by atoms with van der Waals surface area (Å²) < 4.78 is 7.59. The third-order valence-corrected chi connectivity index (χ3v) is 4.87. The summed E-state index contributed by atoms with van der Waals surface area (Å²) >= 11 is 0. The van der Waals surface area contributed by atoms with Crippen molar-refractivity contribution >= 4 is 16.7 Å². The number of likely N-dealkylation sites (tertiary alicyclic amines) is 1. The molecule has 1 amide bonds. The monoisotopic (exact) mass is 350 g/mol. The fourth-order valence-corrected chi connectivity index (χ4v) is 3.53. The summed E-state index contributed by atoms with van der Waals surface area (Å²) in [6, 6.07) is 14.0. The van der Waals surface area contributed by atoms with E-state index >= 15 is 0 Å². The van der Waals surface area contributed by atoms with Crippen LogP contribution in [0.3, 0.4) is 0 Å². The number of carbonyl (C=O) groups excluding carboxylic acids is 1. The van der Waals surface area contributed by atoms with E-state index in [9.17, 15) is 4.79 Å². The Hall–Kier alpha value is -2.89. The molecule has 1 fully saturated rings. The third kappa shape index (κ3) is 3.85. The molecule has 0 aliphatic carbocycles. The molecule has 4 rings (SSSR count). The number of piperidine rings is 1. The summed E-state index contributed by atoms with van der Waals surface area (Å²) in [5.41, 5.74) is 0. The number of hydrogen-bond acceptors (Lipinski definition) is 4. The number of rotatable bonds is 5. The van der Waals surface area contributed by atoms with E-state index in [1.165, 1.54) is 0 Å². The fourth-order valence-electron chi connectivity index (χ4n) is 3.53. The first-order valence-corrected chi connectivity index (χ1v) is 9.01. The highest BCUT2D eigenvalue weighted by molar-refractivity contribution is 5.84. The molecule has 6 heteroatoms. The fraction of sp³-hybridized carbons (Fsp3) is 0.350. The van der Waals surface area contributed by atoms with Gasteiger partial charge in [0.15, 0.2) is 6.61 Å². The smallest absolute Gasteiger partial charge is 0.260 e. The molecule has 0 N–H and O–H groups in total. The summed E-state index contributed by atoms with van der Waals surface area (Å²) in [6.07, 6.45) is 5.67. The summed E-state index contributed by atoms with van der Waals surface area (Å²) in [5, 5.41) is 10.1. The predicted octanol–water partition coefficient (Wildman–Crippen LogP) is 2.75. The molecular formula is C20H22N4O2. The zero-order chi connectivity index (χ0) is 17.8. The minimum absolute atomic E-state index is 0.0430. The molecule has 2 heterocycles. The van der Waals surface area contributed by atoms with Crippen molar-refractivity contribution in [2.45, 2.75) is 19.4 Å². The van der Waals surface area contributed by atoms with E-state index in [0.29, 0.717) is 5.92 Å². The van der Waals surface area contributed by atoms with E-state index in [1.54, 1.807) is 6.20 Å². The first-order chi connectivity index (χ1) is 12.8. The van der Waals surface area contributed by atoms with Gasteiger partial charge >= 0.3 is 0 Å². The highest BCUT2D eigenvalue weighted by Crippen LogP contribution is 2.21. The van der Waals surface area contributed by atoms with Crippen molar-refractivity contribution in [2.24, 2.45) is 5.92 Å². The van der Waals surface area contributed by atoms with Crippen LogP contribution in [0.2, 0.25) is 0 Å². The number of benzene rings is 2. The predicted molar refractivity (Wildman–Crippen MR) is 98.8 cm³/mol. The normalized spacial score (nSPS) is 17.4. The largest absolute Gasteiger partial charge is 0.484 e. The lowest BCUT2D eigenvalue weighted by Crippen LogP contribution is -2.43. The van der Waals surface area contributed by atoms with Crippen molar-refractivity contribution < 1.29 is 9.53 Å². The molecule has 1 aliphatic rings. The van der Waals surface area contributed by atoms with Crippen molar-refractivity contribution in [2.75, 3.05) is 19.7 Å². The molecule has 134 valence electrons. The van der Waals surface area contributed by atoms with Gasteiger partial charge in [0.25, 0.3) is 5.91 Å². The van der Waals surface area contributed by atoms with E-state index in [2.05, 4.69) is 16.4 Å². The zero-order valence-electron chi connectivity index (χ0n) is 14.6. The number of carbonyl (C=O) groups is 1. The van der Waals surface area contributed by atoms with Gasteiger partial charge in [-0.2, -0.15) is 0 Å². The van der Waals surface area contributed by atoms with Crippen molar-refractivity contribution in [3.05, 3.63) is 54.9 Å². The Labute approximate surface area is 152 Å². The van der Waals surface area contributed by atoms with Crippen LogP contribution in [-0.2, 0) is 11.3 Å². The lowest BCUT2D eigenvalue weighted by Gasteiger charge is -2.32. The maximum absolute atomic E-state index is 12.5. The molecule has 6 nitrogen and oxygen atoms in total. The molecule has 0 saturated carbocycles. The van der Waals surface area contributed by atoms with Gasteiger partial charge < -0.3 is 9.64 Å². The van der Waals surface area contributed by atoms with Gasteiger partial charge in [-0.25, -0.2) is 0 Å². The molecule has 2 aromatic carbocycles. The van der Waals surface area contributed by atoms with Gasteiger partial charge in [-0.15, -0.1) is 5.10 Å². The van der Waals surface area contributed by atoms with E-state index in [-0.39, 0.29) is 12.5 Å². The van der Waals surface area contributed by atoms with Crippen molar-refractivity contribution in [3.8, 4) is 5.75 Å². The lowest BCUT2D eigenvalue weighted by atomic mass is 9.98. The highest BCUT2D eigenvalue weighted by Gasteiger charge is 2.24. The van der Waals surface area contributed by atoms with Crippen LogP contribution in [0.1, 0.15) is 12.8 Å². The average Bonchev–Trinajstić information content (AvgIpc) is 3.19. The number of hydrogen-bond donors (Lipinski definition) is 0. The summed E-state index contributed by atoms with van der Waals surface area (Å²) in [7, 11) is 0. The van der Waals surface area contributed by atoms with Crippen LogP contribution in [0.4, 0.5) is 0 Å². The van der Waals surface area contributed by atoms with E-state index < -0.39 is 0 Å². The van der Waals surface area contributed by atoms with Crippen LogP contribution >= 0.6 is 0 Å². The Balaban J connectivity index is 1.33. The Morgan fingerprint density at radius 2 is 2.08 bits per heavy atom. The number of ether oxygens (including phenoxy) is 1. The van der Waals surface area contributed by atoms with Crippen molar-refractivity contribution in [1.82, 2.24) is 19.9 Å². The minimum atomic E-state index is 0.0430. The van der Waals surface area contributed by atoms with Crippen molar-refractivity contribution in [3.63, 3.8) is 0 Å². The Kier molecular flexibility index (Phi) is 4.82. The topological polar surface area (TPSA) is 60.2 Å². The summed E-state index contributed by atoms with van der Waals surface area (Å²) in [4.78, 5) is 14.5. The number of amides is 1. The van der Waals surface area contributed by atoms with Crippen LogP contribution < -0.4 is 4.74 Å². The molecule has 0 spiro atoms. The summed E-state index contributed by atoms with van der Waals surface area (Å²) in [6.45, 7) is 2.43. The zero-order valence-corrected chi connectivity index (χ0v) is 14.6. The van der Waals surface area contributed by atoms with Gasteiger partial charge in [0.2, 0.25) is 0 Å². The van der Waals surface area contributed by atoms with Crippen LogP contribution in [0.15, 0.2) is 54.9 Å². The van der Waals surface area contributed by atoms with Crippen LogP contribution in [-0.4, -0.2) is 45.5 Å². The molecule has 0 radical (unpaired) electrons. The minimum Gasteiger partial charge on any atom is -0.484 e. The number of fused-ring (bicyclic) bond motifs is 1. The number of aromatic nitrogens is 3. The molecule has 3 aromatic rings. The molecule has 0 bridgehead atoms. The van der Waals surface area contributed by atoms with Crippen LogP contribution in [0, 0.1) is 5.92 Å². The first kappa shape index (κ1) is 16.6. The molecule has 1 saturated heterocycles. The average molecular weight is 350 g/mol. The third-order valence-electron chi connectivity index (χ3n) is 4.87. The second-order valence-corrected chi connectivity index (χ2v) is 6.77. The molecule has 1 atom stereocenters. The highest BCUT2D eigenvalue weighted by atomic mass is 16.5. The van der Waals surface area contributed by atoms with Crippen LogP contribution in [0.5, 0.6) is 5.75 Å². The van der Waals surface area contributed by atoms with Gasteiger partial charge in [-0.05, 0) is 41.7 Å². The lowest BCUT2D eigenvalue weighted by molar-refractivity contribution is -0.135. The van der Waals surface area contributed by atoms with E-state index in [1.807, 2.05) is 52.2 Å². The van der Waals surface area contributed by atoms with E-state index in [0.717, 1.165) is 49.0 Å². The quantitative estimate of drug-likeness (QED) is 0.710. The second kappa shape index (κ2) is 7.56. The van der Waals surface area contributed by atoms with Crippen LogP contribution in [0.25, 0.3) is 10.8 Å². The van der Waals surface area contributed by atoms with Gasteiger partial charge in [0.1, 0.15) is 5.75 Å². The molecule has 1 aliphatic heterocycles. The second-order valence-electron chi connectivity index (χ2n) is 6.77. The maximum Gasteiger partial charge on any atom is 0.260 e. The van der Waals surface area contributed by atoms with Gasteiger partial charge in [0, 0.05) is 25.8 Å². The molecule has 1 unspecified atom stereocenters. The molecule has 1 aromatic heterocycles. The van der Waals surface area contributed by atoms with Crippen molar-refractivity contribution in [1.29, 1.82) is 0 Å². The standard InChI is InChI=1S/C20H22N4O2/c25-20(15-26-19-8-7-17-5-1-2-6-18(17)12-19)23-10-3-4-16(13-23)14-24-11-9-21-22-24/h1-2,5-9,11-12,16H,3-4,10,13-15H2. The van der Waals surface area contributed by atoms with E-state index in [4.69, 9.17) is 4.74 Å². The molecular weight excluding hydrogens is 328 g/mol. The van der Waals surface area contributed by atoms with Gasteiger partial charge in [-0.1, -0.05) is 35.5 Å². The first-order valence-electron chi connectivity index (χ1n) is 9.01. The Bertz CT molecular complexity index is 878. The van der Waals surface area contributed by atoms with Gasteiger partial charge in [0.05, 0.1) is 6.20 Å². The summed E-state index contributed by atoms with van der Waals surface area (Å²) in [5.74, 6) is 1.18. The Morgan fingerprint density at radius 3 is 2.92 bits per heavy atom. The molecule has 26 heavy (non-hydrogen) atoms.